The summed E-state index contributed by atoms with van der Waals surface area (Å²) in [4.78, 5) is 13.3. The monoisotopic (exact) mass is 530 g/mol. The zero-order valence-electron chi connectivity index (χ0n) is 20.7. The van der Waals surface area contributed by atoms with E-state index in [2.05, 4.69) is 0 Å². The minimum atomic E-state index is -5.07. The van der Waals surface area contributed by atoms with Gasteiger partial charge in [-0.15, -0.1) is 0 Å². The number of carbonyl (C=O) groups is 1. The van der Waals surface area contributed by atoms with E-state index in [4.69, 9.17) is 14.2 Å². The van der Waals surface area contributed by atoms with E-state index in [9.17, 15) is 28.2 Å². The molecule has 4 atom stereocenters. The molecular weight excluding hydrogens is 501 g/mol. The molecule has 4 rings (SSSR count). The van der Waals surface area contributed by atoms with Gasteiger partial charge in [0.15, 0.2) is 0 Å². The average Bonchev–Trinajstić information content (AvgIpc) is 2.89. The van der Waals surface area contributed by atoms with Crippen molar-refractivity contribution < 1.29 is 42.4 Å². The van der Waals surface area contributed by atoms with Crippen LogP contribution in [-0.4, -0.2) is 41.7 Å². The third-order valence-corrected chi connectivity index (χ3v) is 6.76. The van der Waals surface area contributed by atoms with E-state index < -0.39 is 36.1 Å². The minimum absolute atomic E-state index is 0.0642. The lowest BCUT2D eigenvalue weighted by molar-refractivity contribution is -0.280. The van der Waals surface area contributed by atoms with Crippen LogP contribution in [0.5, 0.6) is 11.5 Å². The van der Waals surface area contributed by atoms with E-state index >= 15 is 0 Å². The number of carbonyl (C=O) groups excluding carboxylic acids is 1. The highest BCUT2D eigenvalue weighted by Crippen LogP contribution is 2.44. The number of benzene rings is 3. The maximum Gasteiger partial charge on any atom is 0.432 e. The molecule has 1 aliphatic rings. The highest BCUT2D eigenvalue weighted by Gasteiger charge is 2.64. The van der Waals surface area contributed by atoms with E-state index in [1.165, 1.54) is 36.4 Å². The molecule has 6 nitrogen and oxygen atoms in total. The number of hydrogen-bond donors (Lipinski definition) is 2. The van der Waals surface area contributed by atoms with Crippen LogP contribution in [0.2, 0.25) is 0 Å². The quantitative estimate of drug-likeness (QED) is 0.349. The molecule has 38 heavy (non-hydrogen) atoms. The first-order valence-electron chi connectivity index (χ1n) is 12.2. The van der Waals surface area contributed by atoms with Gasteiger partial charge in [-0.3, -0.25) is 0 Å². The average molecular weight is 531 g/mol. The Bertz CT molecular complexity index is 1200. The van der Waals surface area contributed by atoms with Crippen LogP contribution < -0.4 is 0 Å². The van der Waals surface area contributed by atoms with Gasteiger partial charge < -0.3 is 24.4 Å². The number of ether oxygens (including phenoxy) is 3. The van der Waals surface area contributed by atoms with Gasteiger partial charge in [-0.2, -0.15) is 13.2 Å². The summed E-state index contributed by atoms with van der Waals surface area (Å²) in [5.74, 6) is -1.33. The predicted octanol–water partition coefficient (Wildman–Crippen LogP) is 5.97. The maximum absolute atomic E-state index is 14.4. The van der Waals surface area contributed by atoms with Gasteiger partial charge in [-0.05, 0) is 48.2 Å². The van der Waals surface area contributed by atoms with Gasteiger partial charge in [-0.1, -0.05) is 54.6 Å². The van der Waals surface area contributed by atoms with Crippen molar-refractivity contribution in [2.45, 2.75) is 55.8 Å². The summed E-state index contributed by atoms with van der Waals surface area (Å²) in [6.07, 6.45) is -5.49. The first-order chi connectivity index (χ1) is 18.1. The molecule has 1 saturated heterocycles. The Morgan fingerprint density at radius 3 is 2.11 bits per heavy atom. The van der Waals surface area contributed by atoms with E-state index in [1.807, 2.05) is 0 Å². The minimum Gasteiger partial charge on any atom is -0.508 e. The molecule has 1 fully saturated rings. The lowest BCUT2D eigenvalue weighted by Crippen LogP contribution is -2.53. The Morgan fingerprint density at radius 2 is 1.53 bits per heavy atom. The molecular formula is C29H29F3O6. The number of hydrogen-bond acceptors (Lipinski definition) is 6. The first kappa shape index (κ1) is 27.5. The van der Waals surface area contributed by atoms with Gasteiger partial charge in [0.05, 0.1) is 12.2 Å². The van der Waals surface area contributed by atoms with Gasteiger partial charge in [0.25, 0.3) is 5.60 Å². The Kier molecular flexibility index (Phi) is 8.28. The molecule has 0 aliphatic carbocycles. The van der Waals surface area contributed by atoms with Crippen molar-refractivity contribution in [3.63, 3.8) is 0 Å². The molecule has 0 radical (unpaired) electrons. The standard InChI is InChI=1S/C29H29F3O6/c1-36-28(29(30,31)32,21-5-3-2-4-6-21)27(35)38-25-17-24(16-9-19-7-12-22(33)13-8-19)37-26(18-25)20-10-14-23(34)15-11-20/h2-8,10-15,24-26,33-34H,9,16-18H2,1H3/t24-,25+,26-,28+/m0/s1. The fourth-order valence-corrected chi connectivity index (χ4v) is 4.77. The third-order valence-electron chi connectivity index (χ3n) is 6.76. The lowest BCUT2D eigenvalue weighted by Gasteiger charge is -2.38. The highest BCUT2D eigenvalue weighted by molar-refractivity contribution is 5.82. The van der Waals surface area contributed by atoms with Crippen LogP contribution in [0.15, 0.2) is 78.9 Å². The smallest absolute Gasteiger partial charge is 0.432 e. The van der Waals surface area contributed by atoms with Crippen molar-refractivity contribution in [2.75, 3.05) is 7.11 Å². The van der Waals surface area contributed by atoms with Gasteiger partial charge >= 0.3 is 12.1 Å². The van der Waals surface area contributed by atoms with Gasteiger partial charge in [-0.25, -0.2) is 4.79 Å². The topological polar surface area (TPSA) is 85.2 Å². The van der Waals surface area contributed by atoms with Crippen LogP contribution in [0.4, 0.5) is 13.2 Å². The zero-order chi connectivity index (χ0) is 27.3. The molecule has 0 amide bonds. The van der Waals surface area contributed by atoms with Crippen LogP contribution in [-0.2, 0) is 31.0 Å². The summed E-state index contributed by atoms with van der Waals surface area (Å²) in [5, 5.41) is 19.2. The van der Waals surface area contributed by atoms with Gasteiger partial charge in [0.2, 0.25) is 0 Å². The fraction of sp³-hybridized carbons (Fsp3) is 0.345. The van der Waals surface area contributed by atoms with Crippen molar-refractivity contribution in [3.05, 3.63) is 95.6 Å². The van der Waals surface area contributed by atoms with Gasteiger partial charge in [0, 0.05) is 25.5 Å². The van der Waals surface area contributed by atoms with E-state index in [0.29, 0.717) is 18.4 Å². The summed E-state index contributed by atoms with van der Waals surface area (Å²) in [6, 6.07) is 19.7. The molecule has 0 unspecified atom stereocenters. The summed E-state index contributed by atoms with van der Waals surface area (Å²) in [6.45, 7) is 0. The Labute approximate surface area is 218 Å². The second-order valence-corrected chi connectivity index (χ2v) is 9.29. The van der Waals surface area contributed by atoms with Crippen molar-refractivity contribution in [2.24, 2.45) is 0 Å². The molecule has 0 bridgehead atoms. The van der Waals surface area contributed by atoms with Gasteiger partial charge in [0.1, 0.15) is 17.6 Å². The molecule has 3 aromatic rings. The Hall–Kier alpha value is -3.56. The van der Waals surface area contributed by atoms with Crippen molar-refractivity contribution in [3.8, 4) is 11.5 Å². The van der Waals surface area contributed by atoms with E-state index in [-0.39, 0.29) is 29.9 Å². The van der Waals surface area contributed by atoms with Crippen LogP contribution in [0.3, 0.4) is 0 Å². The number of rotatable bonds is 8. The van der Waals surface area contributed by atoms with Crippen LogP contribution in [0, 0.1) is 0 Å². The first-order valence-corrected chi connectivity index (χ1v) is 12.2. The summed E-state index contributed by atoms with van der Waals surface area (Å²) < 4.78 is 59.8. The van der Waals surface area contributed by atoms with Crippen LogP contribution in [0.1, 0.15) is 42.1 Å². The van der Waals surface area contributed by atoms with Crippen LogP contribution >= 0.6 is 0 Å². The predicted molar refractivity (Wildman–Crippen MR) is 132 cm³/mol. The molecule has 2 N–H and O–H groups in total. The van der Waals surface area contributed by atoms with Crippen LogP contribution in [0.25, 0.3) is 0 Å². The second-order valence-electron chi connectivity index (χ2n) is 9.29. The molecule has 0 spiro atoms. The molecule has 1 aliphatic heterocycles. The summed E-state index contributed by atoms with van der Waals surface area (Å²) in [5.41, 5.74) is -1.99. The molecule has 9 heteroatoms. The number of aromatic hydroxyl groups is 2. The molecule has 3 aromatic carbocycles. The number of alkyl halides is 3. The molecule has 202 valence electrons. The summed E-state index contributed by atoms with van der Waals surface area (Å²) >= 11 is 0. The normalized spacial score (nSPS) is 21.4. The number of methoxy groups -OCH3 is 1. The second kappa shape index (κ2) is 11.4. The van der Waals surface area contributed by atoms with Crippen molar-refractivity contribution >= 4 is 5.97 Å². The van der Waals surface area contributed by atoms with Crippen molar-refractivity contribution in [1.82, 2.24) is 0 Å². The van der Waals surface area contributed by atoms with E-state index in [0.717, 1.165) is 12.7 Å². The largest absolute Gasteiger partial charge is 0.508 e. The summed E-state index contributed by atoms with van der Waals surface area (Å²) in [7, 11) is 0.839. The SMILES string of the molecule is CO[C@@](C(=O)O[C@@H]1C[C@H](CCc2ccc(O)cc2)O[C@H](c2ccc(O)cc2)C1)(c1ccccc1)C(F)(F)F. The Morgan fingerprint density at radius 1 is 0.921 bits per heavy atom. The van der Waals surface area contributed by atoms with E-state index in [1.54, 1.807) is 42.5 Å². The number of halogens is 3. The number of phenolic OH excluding ortho intramolecular Hbond substituents is 2. The molecule has 0 aromatic heterocycles. The highest BCUT2D eigenvalue weighted by atomic mass is 19.4. The molecule has 0 saturated carbocycles. The Balaban J connectivity index is 1.58. The zero-order valence-corrected chi connectivity index (χ0v) is 20.7. The van der Waals surface area contributed by atoms with Crippen molar-refractivity contribution in [1.29, 1.82) is 0 Å². The lowest BCUT2D eigenvalue weighted by atomic mass is 9.91. The third kappa shape index (κ3) is 5.95. The number of aryl methyl sites for hydroxylation is 1. The number of esters is 1. The number of phenols is 2. The fourth-order valence-electron chi connectivity index (χ4n) is 4.77. The molecule has 1 heterocycles. The maximum atomic E-state index is 14.4.